The van der Waals surface area contributed by atoms with E-state index in [1.807, 2.05) is 0 Å². The van der Waals surface area contributed by atoms with Gasteiger partial charge < -0.3 is 15.5 Å². The third-order valence-electron chi connectivity index (χ3n) is 7.98. The Morgan fingerprint density at radius 1 is 0.628 bits per heavy atom. The number of hydrogen-bond donors (Lipinski definition) is 4. The number of amides is 1. The SMILES string of the molecule is CCCCCCCC/C=C/C(O)C(CS(=O)(=O)O)NC(=O)C(O)CCCCCCCC/C=C\CCCCCCCCCC. The van der Waals surface area contributed by atoms with Crippen LogP contribution in [0.4, 0.5) is 0 Å². The molecule has 3 atom stereocenters. The van der Waals surface area contributed by atoms with Crippen LogP contribution in [-0.2, 0) is 14.9 Å². The topological polar surface area (TPSA) is 124 Å². The second-order valence-corrected chi connectivity index (χ2v) is 13.8. The summed E-state index contributed by atoms with van der Waals surface area (Å²) in [6.07, 6.45) is 32.5. The van der Waals surface area contributed by atoms with Crippen LogP contribution in [0, 0.1) is 0 Å². The molecule has 0 aliphatic carbocycles. The van der Waals surface area contributed by atoms with E-state index in [9.17, 15) is 28.0 Å². The number of carbonyl (C=O) groups is 1. The highest BCUT2D eigenvalue weighted by Crippen LogP contribution is 2.13. The van der Waals surface area contributed by atoms with Gasteiger partial charge in [0.05, 0.1) is 17.9 Å². The van der Waals surface area contributed by atoms with Crippen LogP contribution < -0.4 is 5.32 Å². The van der Waals surface area contributed by atoms with Gasteiger partial charge in [-0.05, 0) is 44.9 Å². The molecule has 0 aromatic heterocycles. The van der Waals surface area contributed by atoms with Crippen LogP contribution in [0.2, 0.25) is 0 Å². The lowest BCUT2D eigenvalue weighted by atomic mass is 10.0. The molecule has 43 heavy (non-hydrogen) atoms. The first-order chi connectivity index (χ1) is 20.7. The minimum Gasteiger partial charge on any atom is -0.387 e. The molecule has 3 unspecified atom stereocenters. The third kappa shape index (κ3) is 29.3. The highest BCUT2D eigenvalue weighted by molar-refractivity contribution is 7.85. The number of aliphatic hydroxyl groups excluding tert-OH is 2. The van der Waals surface area contributed by atoms with Crippen molar-refractivity contribution in [3.63, 3.8) is 0 Å². The molecule has 0 aliphatic heterocycles. The lowest BCUT2D eigenvalue weighted by molar-refractivity contribution is -0.130. The van der Waals surface area contributed by atoms with Crippen molar-refractivity contribution in [3.8, 4) is 0 Å². The summed E-state index contributed by atoms with van der Waals surface area (Å²) in [5.74, 6) is -1.54. The minimum atomic E-state index is -4.43. The van der Waals surface area contributed by atoms with Crippen LogP contribution >= 0.6 is 0 Å². The van der Waals surface area contributed by atoms with Crippen LogP contribution in [0.3, 0.4) is 0 Å². The molecule has 0 rings (SSSR count). The average Bonchev–Trinajstić information content (AvgIpc) is 2.96. The quantitative estimate of drug-likeness (QED) is 0.0346. The summed E-state index contributed by atoms with van der Waals surface area (Å²) in [4.78, 5) is 12.5. The van der Waals surface area contributed by atoms with Crippen LogP contribution in [0.1, 0.15) is 168 Å². The molecule has 8 heteroatoms. The van der Waals surface area contributed by atoms with Gasteiger partial charge in [-0.15, -0.1) is 0 Å². The summed E-state index contributed by atoms with van der Waals surface area (Å²) in [6.45, 7) is 4.43. The van der Waals surface area contributed by atoms with Gasteiger partial charge in [-0.3, -0.25) is 9.35 Å². The molecule has 0 bridgehead atoms. The Balaban J connectivity index is 4.04. The predicted octanol–water partition coefficient (Wildman–Crippen LogP) is 8.60. The molecule has 1 amide bonds. The fourth-order valence-electron chi connectivity index (χ4n) is 5.21. The zero-order chi connectivity index (χ0) is 32.0. The Hall–Kier alpha value is -1.22. The van der Waals surface area contributed by atoms with Crippen LogP contribution in [0.5, 0.6) is 0 Å². The number of rotatable bonds is 31. The van der Waals surface area contributed by atoms with E-state index < -0.39 is 40.0 Å². The Kier molecular flexibility index (Phi) is 28.7. The van der Waals surface area contributed by atoms with Gasteiger partial charge in [0.1, 0.15) is 6.10 Å². The van der Waals surface area contributed by atoms with Gasteiger partial charge in [-0.1, -0.05) is 147 Å². The monoisotopic (exact) mass is 629 g/mol. The Labute approximate surface area is 265 Å². The smallest absolute Gasteiger partial charge is 0.267 e. The molecule has 0 saturated heterocycles. The van der Waals surface area contributed by atoms with Crippen molar-refractivity contribution in [1.29, 1.82) is 0 Å². The number of nitrogens with one attached hydrogen (secondary N) is 1. The second kappa shape index (κ2) is 29.5. The van der Waals surface area contributed by atoms with E-state index >= 15 is 0 Å². The van der Waals surface area contributed by atoms with E-state index in [2.05, 4.69) is 31.3 Å². The Morgan fingerprint density at radius 2 is 1.02 bits per heavy atom. The highest BCUT2D eigenvalue weighted by Gasteiger charge is 2.27. The number of unbranched alkanes of at least 4 members (excludes halogenated alkanes) is 20. The molecule has 7 nitrogen and oxygen atoms in total. The Morgan fingerprint density at radius 3 is 1.47 bits per heavy atom. The first-order valence-electron chi connectivity index (χ1n) is 17.6. The molecule has 4 N–H and O–H groups in total. The average molecular weight is 630 g/mol. The zero-order valence-corrected chi connectivity index (χ0v) is 28.5. The molecule has 0 heterocycles. The first-order valence-corrected chi connectivity index (χ1v) is 19.3. The summed E-state index contributed by atoms with van der Waals surface area (Å²) >= 11 is 0. The summed E-state index contributed by atoms with van der Waals surface area (Å²) in [7, 11) is -4.43. The number of hydrogen-bond acceptors (Lipinski definition) is 5. The van der Waals surface area contributed by atoms with Gasteiger partial charge in [0, 0.05) is 0 Å². The van der Waals surface area contributed by atoms with Crippen molar-refractivity contribution < 1.29 is 28.0 Å². The van der Waals surface area contributed by atoms with Gasteiger partial charge in [0.25, 0.3) is 10.1 Å². The van der Waals surface area contributed by atoms with Gasteiger partial charge in [0.2, 0.25) is 5.91 Å². The van der Waals surface area contributed by atoms with Crippen LogP contribution in [-0.4, -0.2) is 53.1 Å². The molecule has 0 aromatic rings. The Bertz CT molecular complexity index is 798. The molecule has 0 spiro atoms. The van der Waals surface area contributed by atoms with Crippen molar-refractivity contribution in [2.45, 2.75) is 186 Å². The fourth-order valence-corrected chi connectivity index (χ4v) is 5.95. The number of carbonyl (C=O) groups excluding carboxylic acids is 1. The summed E-state index contributed by atoms with van der Waals surface area (Å²) in [6, 6.07) is -1.23. The maximum absolute atomic E-state index is 12.5. The minimum absolute atomic E-state index is 0.274. The summed E-state index contributed by atoms with van der Waals surface area (Å²) < 4.78 is 32.2. The van der Waals surface area contributed by atoms with E-state index in [-0.39, 0.29) is 6.42 Å². The van der Waals surface area contributed by atoms with Gasteiger partial charge in [0.15, 0.2) is 0 Å². The zero-order valence-electron chi connectivity index (χ0n) is 27.7. The summed E-state index contributed by atoms with van der Waals surface area (Å²) in [5.41, 5.74) is 0. The summed E-state index contributed by atoms with van der Waals surface area (Å²) in [5, 5.41) is 23.2. The largest absolute Gasteiger partial charge is 0.387 e. The van der Waals surface area contributed by atoms with Crippen molar-refractivity contribution in [2.75, 3.05) is 5.75 Å². The molecule has 0 radical (unpaired) electrons. The lowest BCUT2D eigenvalue weighted by Crippen LogP contribution is -2.50. The highest BCUT2D eigenvalue weighted by atomic mass is 32.2. The van der Waals surface area contributed by atoms with Crippen molar-refractivity contribution in [1.82, 2.24) is 5.32 Å². The maximum Gasteiger partial charge on any atom is 0.267 e. The molecule has 254 valence electrons. The normalized spacial score (nSPS) is 14.4. The fraction of sp³-hybridized carbons (Fsp3) is 0.857. The lowest BCUT2D eigenvalue weighted by Gasteiger charge is -2.22. The van der Waals surface area contributed by atoms with E-state index in [0.29, 0.717) is 6.42 Å². The van der Waals surface area contributed by atoms with Crippen molar-refractivity contribution >= 4 is 16.0 Å². The van der Waals surface area contributed by atoms with E-state index in [1.54, 1.807) is 6.08 Å². The van der Waals surface area contributed by atoms with Crippen molar-refractivity contribution in [2.24, 2.45) is 0 Å². The maximum atomic E-state index is 12.5. The van der Waals surface area contributed by atoms with Crippen LogP contribution in [0.25, 0.3) is 0 Å². The van der Waals surface area contributed by atoms with Crippen LogP contribution in [0.15, 0.2) is 24.3 Å². The predicted molar refractivity (Wildman–Crippen MR) is 181 cm³/mol. The number of aliphatic hydroxyl groups is 2. The van der Waals surface area contributed by atoms with Crippen molar-refractivity contribution in [3.05, 3.63) is 24.3 Å². The molecular formula is C35H67NO6S. The third-order valence-corrected chi connectivity index (χ3v) is 8.76. The standard InChI is InChI=1S/C35H67NO6S/c1-3-5-7-9-11-13-14-15-16-17-18-19-20-21-22-24-26-28-30-34(38)35(39)36-32(31-43(40,41)42)33(37)29-27-25-23-12-10-8-6-4-2/h17-18,27,29,32-34,37-38H,3-16,19-26,28,30-31H2,1-2H3,(H,36,39)(H,40,41,42)/b18-17-,29-27+. The van der Waals surface area contributed by atoms with E-state index in [4.69, 9.17) is 0 Å². The number of allylic oxidation sites excluding steroid dienone is 3. The van der Waals surface area contributed by atoms with E-state index in [0.717, 1.165) is 44.9 Å². The molecule has 0 aromatic carbocycles. The molecule has 0 saturated carbocycles. The van der Waals surface area contributed by atoms with E-state index in [1.165, 1.54) is 102 Å². The molecule has 0 fully saturated rings. The first kappa shape index (κ1) is 41.8. The second-order valence-electron chi connectivity index (χ2n) is 12.3. The van der Waals surface area contributed by atoms with Gasteiger partial charge in [-0.25, -0.2) is 0 Å². The molecule has 0 aliphatic rings. The molecular weight excluding hydrogens is 562 g/mol. The van der Waals surface area contributed by atoms with Gasteiger partial charge >= 0.3 is 0 Å². The van der Waals surface area contributed by atoms with Gasteiger partial charge in [-0.2, -0.15) is 8.42 Å².